The predicted molar refractivity (Wildman–Crippen MR) is 85.3 cm³/mol. The number of hydrogen-bond acceptors (Lipinski definition) is 4. The number of benzene rings is 2. The monoisotopic (exact) mass is 350 g/mol. The van der Waals surface area contributed by atoms with Crippen LogP contribution in [0.15, 0.2) is 46.9 Å². The summed E-state index contributed by atoms with van der Waals surface area (Å²) in [5.41, 5.74) is 2.92. The molecule has 0 heterocycles. The van der Waals surface area contributed by atoms with Gasteiger partial charge in [0.2, 0.25) is 0 Å². The highest BCUT2D eigenvalue weighted by Crippen LogP contribution is 2.26. The van der Waals surface area contributed by atoms with Crippen LogP contribution in [0.3, 0.4) is 0 Å². The molecule has 6 heteroatoms. The normalized spacial score (nSPS) is 10.4. The quantitative estimate of drug-likeness (QED) is 0.628. The van der Waals surface area contributed by atoms with Crippen LogP contribution in [0.5, 0.6) is 0 Å². The molecular weight excluding hydrogens is 336 g/mol. The van der Waals surface area contributed by atoms with Gasteiger partial charge in [-0.25, -0.2) is 0 Å². The third-order valence-electron chi connectivity index (χ3n) is 3.01. The van der Waals surface area contributed by atoms with E-state index in [1.165, 1.54) is 0 Å². The topological polar surface area (TPSA) is 64.4 Å². The summed E-state index contributed by atoms with van der Waals surface area (Å²) in [5, 5.41) is 14.2. The number of anilines is 1. The molecule has 110 valence electrons. The highest BCUT2D eigenvalue weighted by molar-refractivity contribution is 9.10. The van der Waals surface area contributed by atoms with Crippen molar-refractivity contribution in [3.8, 4) is 0 Å². The molecule has 2 rings (SSSR count). The molecule has 0 aliphatic heterocycles. The van der Waals surface area contributed by atoms with Crippen LogP contribution in [0.1, 0.15) is 11.1 Å². The lowest BCUT2D eigenvalue weighted by Crippen LogP contribution is -2.03. The van der Waals surface area contributed by atoms with E-state index in [9.17, 15) is 10.1 Å². The molecule has 5 nitrogen and oxygen atoms in total. The van der Waals surface area contributed by atoms with Crippen molar-refractivity contribution in [2.75, 3.05) is 12.4 Å². The zero-order chi connectivity index (χ0) is 15.2. The second-order valence-corrected chi connectivity index (χ2v) is 5.34. The molecule has 0 bridgehead atoms. The van der Waals surface area contributed by atoms with Gasteiger partial charge in [-0.15, -0.1) is 0 Å². The molecule has 0 spiro atoms. The molecule has 0 amide bonds. The number of hydrogen-bond donors (Lipinski definition) is 1. The first kappa shape index (κ1) is 15.5. The molecular formula is C15H15BrN2O3. The number of nitro groups is 1. The van der Waals surface area contributed by atoms with E-state index >= 15 is 0 Å². The van der Waals surface area contributed by atoms with E-state index in [-0.39, 0.29) is 5.69 Å². The van der Waals surface area contributed by atoms with Gasteiger partial charge >= 0.3 is 0 Å². The molecule has 1 N–H and O–H groups in total. The summed E-state index contributed by atoms with van der Waals surface area (Å²) in [6.45, 7) is 1.03. The first-order chi connectivity index (χ1) is 10.1. The Kier molecular flexibility index (Phi) is 5.30. The Balaban J connectivity index is 2.13. The minimum Gasteiger partial charge on any atom is -0.381 e. The van der Waals surface area contributed by atoms with Crippen LogP contribution in [-0.2, 0) is 17.9 Å². The molecule has 0 atom stereocenters. The zero-order valence-electron chi connectivity index (χ0n) is 11.5. The van der Waals surface area contributed by atoms with Crippen molar-refractivity contribution in [2.45, 2.75) is 13.2 Å². The maximum atomic E-state index is 10.9. The van der Waals surface area contributed by atoms with Crippen LogP contribution in [0, 0.1) is 10.1 Å². The number of nitrogens with zero attached hydrogens (tertiary/aromatic N) is 1. The minimum atomic E-state index is -0.396. The lowest BCUT2D eigenvalue weighted by Gasteiger charge is -2.11. The van der Waals surface area contributed by atoms with Gasteiger partial charge in [0.05, 0.1) is 16.0 Å². The van der Waals surface area contributed by atoms with Crippen LogP contribution >= 0.6 is 15.9 Å². The highest BCUT2D eigenvalue weighted by Gasteiger charge is 2.12. The highest BCUT2D eigenvalue weighted by atomic mass is 79.9. The second-order valence-electron chi connectivity index (χ2n) is 4.49. The minimum absolute atomic E-state index is 0.0690. The van der Waals surface area contributed by atoms with Crippen LogP contribution in [0.25, 0.3) is 0 Å². The summed E-state index contributed by atoms with van der Waals surface area (Å²) in [7, 11) is 1.65. The number of methoxy groups -OCH3 is 1. The zero-order valence-corrected chi connectivity index (χ0v) is 13.1. The molecule has 0 aliphatic carbocycles. The summed E-state index contributed by atoms with van der Waals surface area (Å²) >= 11 is 3.18. The molecule has 21 heavy (non-hydrogen) atoms. The summed E-state index contributed by atoms with van der Waals surface area (Å²) < 4.78 is 5.63. The molecule has 0 saturated heterocycles. The summed E-state index contributed by atoms with van der Waals surface area (Å²) in [5.74, 6) is 0. The molecule has 2 aromatic carbocycles. The molecule has 0 unspecified atom stereocenters. The lowest BCUT2D eigenvalue weighted by atomic mass is 10.1. The van der Waals surface area contributed by atoms with Gasteiger partial charge in [0.15, 0.2) is 0 Å². The van der Waals surface area contributed by atoms with E-state index in [0.29, 0.717) is 17.6 Å². The van der Waals surface area contributed by atoms with Gasteiger partial charge in [0.25, 0.3) is 5.69 Å². The number of halogens is 1. The smallest absolute Gasteiger partial charge is 0.283 e. The third-order valence-corrected chi connectivity index (χ3v) is 3.68. The van der Waals surface area contributed by atoms with Crippen LogP contribution in [0.4, 0.5) is 11.4 Å². The Morgan fingerprint density at radius 3 is 2.76 bits per heavy atom. The average molecular weight is 351 g/mol. The van der Waals surface area contributed by atoms with Crippen molar-refractivity contribution in [1.82, 2.24) is 0 Å². The maximum absolute atomic E-state index is 10.9. The fraction of sp³-hybridized carbons (Fsp3) is 0.200. The van der Waals surface area contributed by atoms with Gasteiger partial charge in [-0.3, -0.25) is 10.1 Å². The van der Waals surface area contributed by atoms with Gasteiger partial charge in [0, 0.05) is 31.0 Å². The maximum Gasteiger partial charge on any atom is 0.283 e. The first-order valence-electron chi connectivity index (χ1n) is 6.35. The van der Waals surface area contributed by atoms with Crippen molar-refractivity contribution in [3.05, 3.63) is 68.2 Å². The van der Waals surface area contributed by atoms with Crippen LogP contribution in [0.2, 0.25) is 0 Å². The number of para-hydroxylation sites is 1. The van der Waals surface area contributed by atoms with E-state index in [2.05, 4.69) is 21.2 Å². The van der Waals surface area contributed by atoms with Crippen LogP contribution in [-0.4, -0.2) is 12.0 Å². The van der Waals surface area contributed by atoms with Crippen molar-refractivity contribution in [2.24, 2.45) is 0 Å². The molecule has 0 aromatic heterocycles. The van der Waals surface area contributed by atoms with Crippen molar-refractivity contribution in [3.63, 3.8) is 0 Å². The number of nitro benzene ring substituents is 1. The Bertz CT molecular complexity index is 647. The van der Waals surface area contributed by atoms with Crippen LogP contribution < -0.4 is 5.32 Å². The van der Waals surface area contributed by atoms with E-state index in [0.717, 1.165) is 16.8 Å². The SMILES string of the molecule is COCc1ccccc1NCc1ccc(Br)c([N+](=O)[O-])c1. The Hall–Kier alpha value is -1.92. The fourth-order valence-corrected chi connectivity index (χ4v) is 2.37. The van der Waals surface area contributed by atoms with Gasteiger partial charge in [-0.05, 0) is 33.6 Å². The predicted octanol–water partition coefficient (Wildman–Crippen LogP) is 4.12. The van der Waals surface area contributed by atoms with Crippen molar-refractivity contribution < 1.29 is 9.66 Å². The molecule has 0 fully saturated rings. The summed E-state index contributed by atoms with van der Waals surface area (Å²) in [6, 6.07) is 12.9. The summed E-state index contributed by atoms with van der Waals surface area (Å²) in [6.07, 6.45) is 0. The number of nitrogens with one attached hydrogen (secondary N) is 1. The summed E-state index contributed by atoms with van der Waals surface area (Å²) in [4.78, 5) is 10.5. The van der Waals surface area contributed by atoms with Gasteiger partial charge < -0.3 is 10.1 Å². The van der Waals surface area contributed by atoms with Crippen molar-refractivity contribution >= 4 is 27.3 Å². The van der Waals surface area contributed by atoms with E-state index in [1.54, 1.807) is 19.2 Å². The third kappa shape index (κ3) is 4.03. The van der Waals surface area contributed by atoms with E-state index < -0.39 is 4.92 Å². The lowest BCUT2D eigenvalue weighted by molar-refractivity contribution is -0.385. The Morgan fingerprint density at radius 2 is 2.05 bits per heavy atom. The number of ether oxygens (including phenoxy) is 1. The Morgan fingerprint density at radius 1 is 1.29 bits per heavy atom. The van der Waals surface area contributed by atoms with E-state index in [4.69, 9.17) is 4.74 Å². The van der Waals surface area contributed by atoms with Gasteiger partial charge in [-0.2, -0.15) is 0 Å². The molecule has 2 aromatic rings. The van der Waals surface area contributed by atoms with Crippen molar-refractivity contribution in [1.29, 1.82) is 0 Å². The molecule has 0 aliphatic rings. The number of rotatable bonds is 6. The largest absolute Gasteiger partial charge is 0.381 e. The van der Waals surface area contributed by atoms with E-state index in [1.807, 2.05) is 30.3 Å². The van der Waals surface area contributed by atoms with Gasteiger partial charge in [0.1, 0.15) is 0 Å². The second kappa shape index (κ2) is 7.19. The molecule has 0 saturated carbocycles. The standard InChI is InChI=1S/C15H15BrN2O3/c1-21-10-12-4-2-3-5-14(12)17-9-11-6-7-13(16)15(8-11)18(19)20/h2-8,17H,9-10H2,1H3. The Labute approximate surface area is 131 Å². The van der Waals surface area contributed by atoms with Gasteiger partial charge in [-0.1, -0.05) is 24.3 Å². The first-order valence-corrected chi connectivity index (χ1v) is 7.14. The molecule has 0 radical (unpaired) electrons. The average Bonchev–Trinajstić information content (AvgIpc) is 2.47. The fourth-order valence-electron chi connectivity index (χ4n) is 1.98.